The monoisotopic (exact) mass is 327 g/mol. The second-order valence-corrected chi connectivity index (χ2v) is 5.95. The molecule has 0 fully saturated rings. The summed E-state index contributed by atoms with van der Waals surface area (Å²) in [6.45, 7) is 0. The van der Waals surface area contributed by atoms with Crippen molar-refractivity contribution in [3.05, 3.63) is 53.3 Å². The first kappa shape index (κ1) is 13.2. The molecule has 3 aromatic heterocycles. The number of fused-ring (bicyclic) bond motifs is 1. The molecule has 0 saturated carbocycles. The van der Waals surface area contributed by atoms with E-state index in [1.165, 1.54) is 11.3 Å². The molecule has 2 N–H and O–H groups in total. The van der Waals surface area contributed by atoms with Gasteiger partial charge in [-0.2, -0.15) is 5.10 Å². The van der Waals surface area contributed by atoms with Crippen molar-refractivity contribution in [2.75, 3.05) is 5.32 Å². The lowest BCUT2D eigenvalue weighted by Crippen LogP contribution is -1.90. The molecule has 0 spiro atoms. The van der Waals surface area contributed by atoms with Gasteiger partial charge in [0, 0.05) is 34.9 Å². The molecule has 22 heavy (non-hydrogen) atoms. The number of H-pyrrole nitrogens is 1. The van der Waals surface area contributed by atoms with E-state index in [4.69, 9.17) is 11.6 Å². The summed E-state index contributed by atoms with van der Waals surface area (Å²) in [6.07, 6.45) is 5.19. The smallest absolute Gasteiger partial charge is 0.188 e. The molecular formula is C15H10ClN5S. The van der Waals surface area contributed by atoms with Gasteiger partial charge in [-0.1, -0.05) is 17.7 Å². The number of aromatic amines is 1. The van der Waals surface area contributed by atoms with Gasteiger partial charge in [0.15, 0.2) is 10.9 Å². The summed E-state index contributed by atoms with van der Waals surface area (Å²) in [4.78, 5) is 8.36. The third-order valence-electron chi connectivity index (χ3n) is 3.30. The molecule has 4 rings (SSSR count). The minimum absolute atomic E-state index is 0.673. The van der Waals surface area contributed by atoms with Crippen LogP contribution in [0.1, 0.15) is 0 Å². The van der Waals surface area contributed by atoms with Crippen molar-refractivity contribution in [2.45, 2.75) is 0 Å². The maximum Gasteiger partial charge on any atom is 0.188 e. The van der Waals surface area contributed by atoms with Crippen LogP contribution in [0, 0.1) is 0 Å². The molecule has 0 unspecified atom stereocenters. The van der Waals surface area contributed by atoms with E-state index in [1.54, 1.807) is 24.7 Å². The Hall–Kier alpha value is -2.44. The number of hydrogen-bond donors (Lipinski definition) is 2. The van der Waals surface area contributed by atoms with Gasteiger partial charge in [0.1, 0.15) is 0 Å². The Morgan fingerprint density at radius 2 is 2.14 bits per heavy atom. The van der Waals surface area contributed by atoms with Gasteiger partial charge in [-0.3, -0.25) is 10.1 Å². The summed E-state index contributed by atoms with van der Waals surface area (Å²) in [5, 5.41) is 14.9. The van der Waals surface area contributed by atoms with Crippen LogP contribution in [0.5, 0.6) is 0 Å². The van der Waals surface area contributed by atoms with E-state index in [9.17, 15) is 0 Å². The van der Waals surface area contributed by atoms with E-state index >= 15 is 0 Å². The van der Waals surface area contributed by atoms with Gasteiger partial charge in [0.05, 0.1) is 10.5 Å². The maximum atomic E-state index is 6.25. The fourth-order valence-corrected chi connectivity index (χ4v) is 3.00. The zero-order valence-corrected chi connectivity index (χ0v) is 12.8. The van der Waals surface area contributed by atoms with Crippen LogP contribution in [-0.2, 0) is 0 Å². The predicted molar refractivity (Wildman–Crippen MR) is 89.7 cm³/mol. The molecule has 0 bridgehead atoms. The average Bonchev–Trinajstić information content (AvgIpc) is 3.18. The van der Waals surface area contributed by atoms with E-state index in [0.717, 1.165) is 33.0 Å². The van der Waals surface area contributed by atoms with Crippen LogP contribution in [0.4, 0.5) is 10.9 Å². The average molecular weight is 328 g/mol. The first-order chi connectivity index (χ1) is 10.8. The third kappa shape index (κ3) is 2.32. The van der Waals surface area contributed by atoms with Crippen LogP contribution in [0.25, 0.3) is 22.0 Å². The molecule has 0 amide bonds. The second kappa shape index (κ2) is 5.40. The van der Waals surface area contributed by atoms with E-state index in [2.05, 4.69) is 25.5 Å². The minimum Gasteiger partial charge on any atom is -0.314 e. The number of anilines is 2. The number of benzene rings is 1. The summed E-state index contributed by atoms with van der Waals surface area (Å²) in [5.74, 6) is 0.742. The van der Waals surface area contributed by atoms with Gasteiger partial charge in [0.25, 0.3) is 0 Å². The summed E-state index contributed by atoms with van der Waals surface area (Å²) < 4.78 is 0. The van der Waals surface area contributed by atoms with Crippen molar-refractivity contribution in [3.63, 3.8) is 0 Å². The van der Waals surface area contributed by atoms with Crippen LogP contribution >= 0.6 is 22.9 Å². The lowest BCUT2D eigenvalue weighted by molar-refractivity contribution is 1.12. The third-order valence-corrected chi connectivity index (χ3v) is 4.32. The molecule has 4 aromatic rings. The van der Waals surface area contributed by atoms with Crippen LogP contribution in [0.2, 0.25) is 5.02 Å². The molecule has 0 radical (unpaired) electrons. The van der Waals surface area contributed by atoms with Crippen molar-refractivity contribution < 1.29 is 0 Å². The summed E-state index contributed by atoms with van der Waals surface area (Å²) in [5.41, 5.74) is 2.84. The molecule has 5 nitrogen and oxygen atoms in total. The number of nitrogens with one attached hydrogen (secondary N) is 2. The number of rotatable bonds is 3. The molecule has 108 valence electrons. The van der Waals surface area contributed by atoms with Gasteiger partial charge in [0.2, 0.25) is 0 Å². The van der Waals surface area contributed by atoms with Crippen molar-refractivity contribution in [1.82, 2.24) is 20.2 Å². The van der Waals surface area contributed by atoms with E-state index in [0.29, 0.717) is 5.02 Å². The van der Waals surface area contributed by atoms with Crippen LogP contribution in [0.3, 0.4) is 0 Å². The number of pyridine rings is 1. The van der Waals surface area contributed by atoms with Gasteiger partial charge >= 0.3 is 0 Å². The summed E-state index contributed by atoms with van der Waals surface area (Å²) in [7, 11) is 0. The number of halogens is 1. The Balaban J connectivity index is 1.81. The highest BCUT2D eigenvalue weighted by atomic mass is 35.5. The molecule has 0 atom stereocenters. The van der Waals surface area contributed by atoms with Gasteiger partial charge < -0.3 is 5.32 Å². The van der Waals surface area contributed by atoms with Gasteiger partial charge in [-0.15, -0.1) is 11.3 Å². The van der Waals surface area contributed by atoms with Crippen molar-refractivity contribution >= 4 is 44.8 Å². The molecule has 0 saturated heterocycles. The maximum absolute atomic E-state index is 6.25. The Morgan fingerprint density at radius 1 is 1.18 bits per heavy atom. The van der Waals surface area contributed by atoms with Crippen molar-refractivity contribution in [1.29, 1.82) is 0 Å². The minimum atomic E-state index is 0.673. The largest absolute Gasteiger partial charge is 0.314 e. The topological polar surface area (TPSA) is 66.5 Å². The van der Waals surface area contributed by atoms with E-state index in [-0.39, 0.29) is 0 Å². The lowest BCUT2D eigenvalue weighted by atomic mass is 10.1. The molecule has 0 aliphatic carbocycles. The van der Waals surface area contributed by atoms with Gasteiger partial charge in [-0.25, -0.2) is 4.98 Å². The summed E-state index contributed by atoms with van der Waals surface area (Å²) >= 11 is 7.78. The zero-order chi connectivity index (χ0) is 14.9. The first-order valence-electron chi connectivity index (χ1n) is 6.56. The fourth-order valence-electron chi connectivity index (χ4n) is 2.25. The van der Waals surface area contributed by atoms with Crippen LogP contribution in [-0.4, -0.2) is 20.2 Å². The quantitative estimate of drug-likeness (QED) is 0.582. The summed E-state index contributed by atoms with van der Waals surface area (Å²) in [6, 6.07) is 7.80. The normalized spacial score (nSPS) is 11.0. The van der Waals surface area contributed by atoms with E-state index < -0.39 is 0 Å². The van der Waals surface area contributed by atoms with E-state index in [1.807, 2.05) is 23.6 Å². The SMILES string of the molecule is Clc1ccncc1-c1ccc2[nH]nc(Nc3nccs3)c2c1. The Kier molecular flexibility index (Phi) is 3.25. The highest BCUT2D eigenvalue weighted by molar-refractivity contribution is 7.13. The molecule has 1 aromatic carbocycles. The van der Waals surface area contributed by atoms with Crippen molar-refractivity contribution in [2.24, 2.45) is 0 Å². The van der Waals surface area contributed by atoms with Crippen molar-refractivity contribution in [3.8, 4) is 11.1 Å². The number of nitrogens with zero attached hydrogens (tertiary/aromatic N) is 3. The Bertz CT molecular complexity index is 932. The zero-order valence-electron chi connectivity index (χ0n) is 11.2. The standard InChI is InChI=1S/C15H10ClN5S/c16-12-3-4-17-8-11(12)9-1-2-13-10(7-9)14(21-20-13)19-15-18-5-6-22-15/h1-8H,(H2,18,19,20,21). The molecule has 7 heteroatoms. The lowest BCUT2D eigenvalue weighted by Gasteiger charge is -2.04. The predicted octanol–water partition coefficient (Wildman–Crippen LogP) is 4.48. The number of hydrogen-bond acceptors (Lipinski definition) is 5. The number of thiazole rings is 1. The molecular weight excluding hydrogens is 318 g/mol. The first-order valence-corrected chi connectivity index (χ1v) is 7.81. The molecule has 0 aliphatic rings. The second-order valence-electron chi connectivity index (χ2n) is 4.65. The highest BCUT2D eigenvalue weighted by Crippen LogP contribution is 2.32. The molecule has 0 aliphatic heterocycles. The van der Waals surface area contributed by atoms with Gasteiger partial charge in [-0.05, 0) is 23.8 Å². The Labute approximate surface area is 135 Å². The fraction of sp³-hybridized carbons (Fsp3) is 0. The highest BCUT2D eigenvalue weighted by Gasteiger charge is 2.10. The number of aromatic nitrogens is 4. The Morgan fingerprint density at radius 3 is 2.95 bits per heavy atom. The van der Waals surface area contributed by atoms with Crippen LogP contribution in [0.15, 0.2) is 48.2 Å². The van der Waals surface area contributed by atoms with Crippen LogP contribution < -0.4 is 5.32 Å². The molecule has 3 heterocycles.